The van der Waals surface area contributed by atoms with E-state index in [0.29, 0.717) is 16.9 Å². The first-order valence-corrected chi connectivity index (χ1v) is 9.00. The van der Waals surface area contributed by atoms with Crippen molar-refractivity contribution in [2.24, 2.45) is 5.73 Å². The molecular weight excluding hydrogens is 386 g/mol. The van der Waals surface area contributed by atoms with Gasteiger partial charge in [0, 0.05) is 31.3 Å². The summed E-state index contributed by atoms with van der Waals surface area (Å²) in [6, 6.07) is 19.3. The number of benzene rings is 3. The zero-order chi connectivity index (χ0) is 21.7. The van der Waals surface area contributed by atoms with E-state index in [-0.39, 0.29) is 23.5 Å². The van der Waals surface area contributed by atoms with E-state index in [1.165, 1.54) is 23.1 Å². The molecule has 0 bridgehead atoms. The van der Waals surface area contributed by atoms with E-state index in [1.807, 2.05) is 6.07 Å². The second-order valence-corrected chi connectivity index (χ2v) is 6.58. The fourth-order valence-corrected chi connectivity index (χ4v) is 2.88. The van der Waals surface area contributed by atoms with Crippen LogP contribution in [0.5, 0.6) is 11.5 Å². The van der Waals surface area contributed by atoms with Gasteiger partial charge in [-0.05, 0) is 35.9 Å². The van der Waals surface area contributed by atoms with Gasteiger partial charge in [0.2, 0.25) is 5.91 Å². The van der Waals surface area contributed by atoms with Gasteiger partial charge >= 0.3 is 0 Å². The fraction of sp³-hybridized carbons (Fsp3) is 0.0909. The third-order valence-corrected chi connectivity index (χ3v) is 4.35. The number of rotatable bonds is 7. The van der Waals surface area contributed by atoms with E-state index in [4.69, 9.17) is 10.5 Å². The topological polar surface area (TPSA) is 116 Å². The van der Waals surface area contributed by atoms with Gasteiger partial charge in [0.15, 0.2) is 0 Å². The summed E-state index contributed by atoms with van der Waals surface area (Å²) in [6.07, 6.45) is 0. The molecular formula is C22H19N3O5. The summed E-state index contributed by atoms with van der Waals surface area (Å²) in [7, 11) is 1.56. The van der Waals surface area contributed by atoms with Gasteiger partial charge < -0.3 is 15.4 Å². The van der Waals surface area contributed by atoms with Crippen molar-refractivity contribution in [1.82, 2.24) is 4.90 Å². The van der Waals surface area contributed by atoms with Crippen LogP contribution in [-0.2, 0) is 6.54 Å². The summed E-state index contributed by atoms with van der Waals surface area (Å²) in [5, 5.41) is 11.2. The normalized spacial score (nSPS) is 10.3. The van der Waals surface area contributed by atoms with Gasteiger partial charge in [-0.15, -0.1) is 0 Å². The summed E-state index contributed by atoms with van der Waals surface area (Å²) in [5.41, 5.74) is 6.16. The molecule has 0 fully saturated rings. The molecule has 30 heavy (non-hydrogen) atoms. The van der Waals surface area contributed by atoms with Gasteiger partial charge in [0.25, 0.3) is 11.6 Å². The Balaban J connectivity index is 1.90. The van der Waals surface area contributed by atoms with Gasteiger partial charge in [-0.1, -0.05) is 30.3 Å². The fourth-order valence-electron chi connectivity index (χ4n) is 2.88. The summed E-state index contributed by atoms with van der Waals surface area (Å²) in [5.74, 6) is -0.330. The Kier molecular flexibility index (Phi) is 6.07. The minimum absolute atomic E-state index is 0.0570. The number of nitrogens with zero attached hydrogens (tertiary/aromatic N) is 2. The van der Waals surface area contributed by atoms with Gasteiger partial charge in [0.05, 0.1) is 10.5 Å². The standard InChI is InChI=1S/C22H19N3O5/c1-24(14-15-6-5-7-16(12-15)21(23)26)22(27)19-13-17(25(28)29)10-11-20(19)30-18-8-3-2-4-9-18/h2-13H,14H2,1H3,(H2,23,26). The summed E-state index contributed by atoms with van der Waals surface area (Å²) >= 11 is 0. The molecule has 0 aliphatic heterocycles. The highest BCUT2D eigenvalue weighted by Gasteiger charge is 2.21. The zero-order valence-corrected chi connectivity index (χ0v) is 16.1. The van der Waals surface area contributed by atoms with Crippen LogP contribution in [0.2, 0.25) is 0 Å². The van der Waals surface area contributed by atoms with E-state index >= 15 is 0 Å². The molecule has 3 aromatic rings. The maximum Gasteiger partial charge on any atom is 0.270 e. The van der Waals surface area contributed by atoms with Crippen LogP contribution in [0.15, 0.2) is 72.8 Å². The average molecular weight is 405 g/mol. The molecule has 2 amide bonds. The van der Waals surface area contributed by atoms with Crippen LogP contribution in [0, 0.1) is 10.1 Å². The summed E-state index contributed by atoms with van der Waals surface area (Å²) < 4.78 is 5.79. The third-order valence-electron chi connectivity index (χ3n) is 4.35. The largest absolute Gasteiger partial charge is 0.457 e. The molecule has 0 aromatic heterocycles. The predicted molar refractivity (Wildman–Crippen MR) is 110 cm³/mol. The number of ether oxygens (including phenoxy) is 1. The number of amides is 2. The second-order valence-electron chi connectivity index (χ2n) is 6.58. The lowest BCUT2D eigenvalue weighted by atomic mass is 10.1. The first-order chi connectivity index (χ1) is 14.3. The van der Waals surface area contributed by atoms with Crippen LogP contribution in [0.25, 0.3) is 0 Å². The SMILES string of the molecule is CN(Cc1cccc(C(N)=O)c1)C(=O)c1cc([N+](=O)[O-])ccc1Oc1ccccc1. The van der Waals surface area contributed by atoms with Crippen molar-refractivity contribution in [1.29, 1.82) is 0 Å². The minimum atomic E-state index is -0.570. The van der Waals surface area contributed by atoms with E-state index in [1.54, 1.807) is 55.6 Å². The molecule has 0 spiro atoms. The predicted octanol–water partition coefficient (Wildman–Crippen LogP) is 3.76. The van der Waals surface area contributed by atoms with Crippen LogP contribution < -0.4 is 10.5 Å². The molecule has 2 N–H and O–H groups in total. The number of carbonyl (C=O) groups is 2. The third kappa shape index (κ3) is 4.79. The molecule has 152 valence electrons. The molecule has 0 saturated carbocycles. The Hall–Kier alpha value is -4.20. The van der Waals surface area contributed by atoms with Crippen molar-refractivity contribution in [3.63, 3.8) is 0 Å². The van der Waals surface area contributed by atoms with Crippen molar-refractivity contribution in [2.45, 2.75) is 6.54 Å². The molecule has 8 nitrogen and oxygen atoms in total. The lowest BCUT2D eigenvalue weighted by molar-refractivity contribution is -0.384. The summed E-state index contributed by atoms with van der Waals surface area (Å²) in [6.45, 7) is 0.174. The van der Waals surface area contributed by atoms with E-state index in [2.05, 4.69) is 0 Å². The number of hydrogen-bond donors (Lipinski definition) is 1. The number of carbonyl (C=O) groups excluding carboxylic acids is 2. The van der Waals surface area contributed by atoms with Crippen molar-refractivity contribution in [3.05, 3.63) is 99.6 Å². The number of primary amides is 1. The lowest BCUT2D eigenvalue weighted by Gasteiger charge is -2.19. The Morgan fingerprint density at radius 2 is 1.77 bits per heavy atom. The Bertz CT molecular complexity index is 1100. The highest BCUT2D eigenvalue weighted by Crippen LogP contribution is 2.30. The van der Waals surface area contributed by atoms with Crippen molar-refractivity contribution < 1.29 is 19.2 Å². The van der Waals surface area contributed by atoms with E-state index in [9.17, 15) is 19.7 Å². The number of non-ortho nitro benzene ring substituents is 1. The first-order valence-electron chi connectivity index (χ1n) is 9.00. The monoisotopic (exact) mass is 405 g/mol. The van der Waals surface area contributed by atoms with Crippen molar-refractivity contribution >= 4 is 17.5 Å². The highest BCUT2D eigenvalue weighted by molar-refractivity contribution is 5.97. The van der Waals surface area contributed by atoms with Gasteiger partial charge in [-0.3, -0.25) is 19.7 Å². The van der Waals surface area contributed by atoms with E-state index < -0.39 is 16.7 Å². The molecule has 0 atom stereocenters. The molecule has 8 heteroatoms. The van der Waals surface area contributed by atoms with Crippen LogP contribution in [0.4, 0.5) is 5.69 Å². The lowest BCUT2D eigenvalue weighted by Crippen LogP contribution is -2.27. The van der Waals surface area contributed by atoms with Crippen molar-refractivity contribution in [3.8, 4) is 11.5 Å². The van der Waals surface area contributed by atoms with Gasteiger partial charge in [-0.25, -0.2) is 0 Å². The van der Waals surface area contributed by atoms with Crippen LogP contribution in [0.1, 0.15) is 26.3 Å². The van der Waals surface area contributed by atoms with E-state index in [0.717, 1.165) is 0 Å². The zero-order valence-electron chi connectivity index (χ0n) is 16.1. The smallest absolute Gasteiger partial charge is 0.270 e. The Labute approximate surface area is 172 Å². The quantitative estimate of drug-likeness (QED) is 0.475. The first kappa shape index (κ1) is 20.5. The number of nitro benzene ring substituents is 1. The van der Waals surface area contributed by atoms with Crippen LogP contribution in [-0.4, -0.2) is 28.7 Å². The maximum absolute atomic E-state index is 13.1. The molecule has 0 heterocycles. The number of para-hydroxylation sites is 1. The molecule has 0 radical (unpaired) electrons. The minimum Gasteiger partial charge on any atom is -0.457 e. The molecule has 0 unspecified atom stereocenters. The van der Waals surface area contributed by atoms with Crippen molar-refractivity contribution in [2.75, 3.05) is 7.05 Å². The molecule has 3 rings (SSSR count). The number of nitro groups is 1. The van der Waals surface area contributed by atoms with Crippen LogP contribution >= 0.6 is 0 Å². The number of nitrogens with two attached hydrogens (primary N) is 1. The average Bonchev–Trinajstić information content (AvgIpc) is 2.74. The van der Waals surface area contributed by atoms with Crippen LogP contribution in [0.3, 0.4) is 0 Å². The Morgan fingerprint density at radius 1 is 1.03 bits per heavy atom. The van der Waals surface area contributed by atoms with Gasteiger partial charge in [0.1, 0.15) is 11.5 Å². The molecule has 0 saturated heterocycles. The Morgan fingerprint density at radius 3 is 2.43 bits per heavy atom. The maximum atomic E-state index is 13.1. The summed E-state index contributed by atoms with van der Waals surface area (Å²) in [4.78, 5) is 36.5. The molecule has 0 aliphatic rings. The van der Waals surface area contributed by atoms with Gasteiger partial charge in [-0.2, -0.15) is 0 Å². The highest BCUT2D eigenvalue weighted by atomic mass is 16.6. The molecule has 3 aromatic carbocycles. The second kappa shape index (κ2) is 8.87. The number of hydrogen-bond acceptors (Lipinski definition) is 5. The molecule has 0 aliphatic carbocycles.